The fourth-order valence-corrected chi connectivity index (χ4v) is 16.2. The minimum atomic E-state index is -2.72. The monoisotopic (exact) mass is 1150 g/mol. The molecule has 2 amide bonds. The highest BCUT2D eigenvalue weighted by atomic mass is 32.2. The Bertz CT molecular complexity index is 3590. The quantitative estimate of drug-likeness (QED) is 0.0387. The van der Waals surface area contributed by atoms with Crippen LogP contribution in [0.1, 0.15) is 57.7 Å². The van der Waals surface area contributed by atoms with E-state index in [0.717, 1.165) is 46.2 Å². The van der Waals surface area contributed by atoms with Gasteiger partial charge in [-0.1, -0.05) is 146 Å². The smallest absolute Gasteiger partial charge is 0.334 e. The first-order valence-corrected chi connectivity index (χ1v) is 28.8. The third kappa shape index (κ3) is 9.06. The van der Waals surface area contributed by atoms with Crippen molar-refractivity contribution in [2.75, 3.05) is 13.1 Å². The van der Waals surface area contributed by atoms with Gasteiger partial charge in [-0.3, -0.25) is 38.6 Å². The maximum absolute atomic E-state index is 16.1. The number of amides is 2. The first kappa shape index (κ1) is 52.1. The second-order valence-electron chi connectivity index (χ2n) is 17.6. The standard InChI is InChI=1S/C56H40N4O10S7/c1-3-59-47(61)45(76-53(59)71)57-37-25-35-39(55(37,49(63)67-27-31-17-9-5-10-18-31)50(64)68-28-32-19-11-6-12-20-32)40-43(73-35)44-41(42-36(74-44)26-38(75-42)58-46-48(62)60(4-2)54(72)77-46)56(40,51(65)69-29-33-21-13-7-14-22-33)52(66)70-30-34-23-15-8-16-24-34/h5-26H,3-4,27-30H2,1-2H3. The first-order chi connectivity index (χ1) is 37.4. The van der Waals surface area contributed by atoms with E-state index in [2.05, 4.69) is 0 Å². The van der Waals surface area contributed by atoms with Gasteiger partial charge in [-0.05, 0) is 71.8 Å². The normalized spacial score (nSPS) is 17.0. The van der Waals surface area contributed by atoms with Crippen molar-refractivity contribution >= 4 is 157 Å². The molecule has 2 aliphatic heterocycles. The molecule has 4 aromatic carbocycles. The van der Waals surface area contributed by atoms with Crippen molar-refractivity contribution < 1.29 is 47.7 Å². The summed E-state index contributed by atoms with van der Waals surface area (Å²) in [5.74, 6) is -5.36. The minimum Gasteiger partial charge on any atom is -0.459 e. The molecule has 0 bridgehead atoms. The fourth-order valence-electron chi connectivity index (χ4n) is 9.44. The maximum atomic E-state index is 16.1. The number of thioether (sulfide) groups is 2. The number of rotatable bonds is 16. The average molecular weight is 1150 g/mol. The largest absolute Gasteiger partial charge is 0.459 e. The molecule has 0 unspecified atom stereocenters. The Morgan fingerprint density at radius 1 is 0.519 bits per heavy atom. The topological polar surface area (TPSA) is 171 Å². The van der Waals surface area contributed by atoms with Gasteiger partial charge in [0.05, 0.1) is 20.2 Å². The van der Waals surface area contributed by atoms with Gasteiger partial charge in [0, 0.05) is 39.4 Å². The third-order valence-electron chi connectivity index (χ3n) is 13.1. The van der Waals surface area contributed by atoms with E-state index in [4.69, 9.17) is 53.4 Å². The van der Waals surface area contributed by atoms with Crippen LogP contribution in [0.2, 0.25) is 0 Å². The van der Waals surface area contributed by atoms with Crippen LogP contribution in [0.5, 0.6) is 0 Å². The number of aliphatic imine (C=N–C) groups is 2. The maximum Gasteiger partial charge on any atom is 0.334 e. The zero-order valence-corrected chi connectivity index (χ0v) is 46.4. The van der Waals surface area contributed by atoms with Crippen LogP contribution in [-0.4, -0.2) is 77.3 Å². The summed E-state index contributed by atoms with van der Waals surface area (Å²) in [6, 6.07) is 37.3. The van der Waals surface area contributed by atoms with Crippen molar-refractivity contribution in [1.29, 1.82) is 0 Å². The lowest BCUT2D eigenvalue weighted by Crippen LogP contribution is -2.51. The van der Waals surface area contributed by atoms with Crippen LogP contribution < -0.4 is 0 Å². The molecule has 11 rings (SSSR count). The SMILES string of the molecule is CCN1C(=O)C(=NC2=Cc3sc4c(c3C2(C(=O)OCc2ccccc2)C(=O)OCc2ccccc2)C(C(=O)OCc2ccccc2)(C(=O)OCc2ccccc2)c2c-4sc3cc(N=C4SC(=S)N(CC)C4=O)sc23)SC1=S. The van der Waals surface area contributed by atoms with Gasteiger partial charge in [0.15, 0.2) is 10.1 Å². The third-order valence-corrected chi connectivity index (χ3v) is 19.3. The van der Waals surface area contributed by atoms with Crippen molar-refractivity contribution in [3.05, 3.63) is 177 Å². The van der Waals surface area contributed by atoms with E-state index < -0.39 is 40.6 Å². The summed E-state index contributed by atoms with van der Waals surface area (Å²) in [4.78, 5) is 105. The molecule has 3 aromatic heterocycles. The van der Waals surface area contributed by atoms with Crippen molar-refractivity contribution in [2.24, 2.45) is 9.98 Å². The second kappa shape index (κ2) is 21.4. The van der Waals surface area contributed by atoms with Crippen LogP contribution in [0.25, 0.3) is 25.2 Å². The Labute approximate surface area is 471 Å². The summed E-state index contributed by atoms with van der Waals surface area (Å²) in [5, 5.41) is 0.415. The summed E-state index contributed by atoms with van der Waals surface area (Å²) in [6.07, 6.45) is 1.50. The average Bonchev–Trinajstić information content (AvgIpc) is 4.50. The molecule has 0 radical (unpaired) electrons. The van der Waals surface area contributed by atoms with Crippen LogP contribution in [0.15, 0.2) is 143 Å². The van der Waals surface area contributed by atoms with E-state index in [0.29, 0.717) is 57.3 Å². The van der Waals surface area contributed by atoms with Crippen molar-refractivity contribution in [3.63, 3.8) is 0 Å². The summed E-state index contributed by atoms with van der Waals surface area (Å²) < 4.78 is 26.8. The molecular formula is C56H40N4O10S7. The summed E-state index contributed by atoms with van der Waals surface area (Å²) >= 11 is 16.6. The Kier molecular flexibility index (Phi) is 14.5. The van der Waals surface area contributed by atoms with Gasteiger partial charge in [0.25, 0.3) is 11.8 Å². The second-order valence-corrected chi connectivity index (χ2v) is 24.0. The number of nitrogens with zero attached hydrogens (tertiary/aromatic N) is 4. The molecule has 0 atom stereocenters. The molecule has 77 heavy (non-hydrogen) atoms. The van der Waals surface area contributed by atoms with Crippen LogP contribution in [0.4, 0.5) is 5.00 Å². The lowest BCUT2D eigenvalue weighted by molar-refractivity contribution is -0.167. The van der Waals surface area contributed by atoms with Gasteiger partial charge in [0.1, 0.15) is 40.1 Å². The number of thiocarbonyl (C=S) groups is 2. The molecule has 0 spiro atoms. The molecule has 2 saturated heterocycles. The summed E-state index contributed by atoms with van der Waals surface area (Å²) in [5.41, 5.74) is -3.20. The van der Waals surface area contributed by atoms with E-state index in [1.165, 1.54) is 27.2 Å². The van der Waals surface area contributed by atoms with Gasteiger partial charge in [0.2, 0.25) is 10.8 Å². The predicted molar refractivity (Wildman–Crippen MR) is 308 cm³/mol. The molecule has 386 valence electrons. The Hall–Kier alpha value is -6.98. The van der Waals surface area contributed by atoms with Gasteiger partial charge in [-0.25, -0.2) is 9.98 Å². The summed E-state index contributed by atoms with van der Waals surface area (Å²) in [6.45, 7) is 2.92. The number of esters is 4. The van der Waals surface area contributed by atoms with Gasteiger partial charge < -0.3 is 18.9 Å². The van der Waals surface area contributed by atoms with E-state index in [1.54, 1.807) is 122 Å². The highest BCUT2D eigenvalue weighted by molar-refractivity contribution is 8.35. The van der Waals surface area contributed by atoms with Crippen molar-refractivity contribution in [3.8, 4) is 9.75 Å². The molecule has 7 aromatic rings. The number of carbonyl (C=O) groups excluding carboxylic acids is 6. The van der Waals surface area contributed by atoms with Gasteiger partial charge >= 0.3 is 23.9 Å². The molecule has 14 nitrogen and oxygen atoms in total. The summed E-state index contributed by atoms with van der Waals surface area (Å²) in [7, 11) is 0. The van der Waals surface area contributed by atoms with Crippen molar-refractivity contribution in [1.82, 2.24) is 9.80 Å². The Balaban J connectivity index is 1.18. The molecule has 0 N–H and O–H groups in total. The number of benzene rings is 4. The van der Waals surface area contributed by atoms with Crippen LogP contribution >= 0.6 is 82.0 Å². The molecule has 5 heterocycles. The molecule has 2 aliphatic carbocycles. The zero-order chi connectivity index (χ0) is 53.6. The molecule has 21 heteroatoms. The molecule has 4 aliphatic rings. The van der Waals surface area contributed by atoms with Gasteiger partial charge in [-0.2, -0.15) is 0 Å². The highest BCUT2D eigenvalue weighted by Crippen LogP contribution is 2.66. The number of fused-ring (bicyclic) bond motifs is 7. The lowest BCUT2D eigenvalue weighted by Gasteiger charge is -2.32. The van der Waals surface area contributed by atoms with Crippen LogP contribution in [0, 0.1) is 0 Å². The Morgan fingerprint density at radius 3 is 1.34 bits per heavy atom. The zero-order valence-electron chi connectivity index (χ0n) is 40.7. The minimum absolute atomic E-state index is 0.0700. The van der Waals surface area contributed by atoms with E-state index in [9.17, 15) is 9.59 Å². The van der Waals surface area contributed by atoms with E-state index in [-0.39, 0.29) is 80.6 Å². The van der Waals surface area contributed by atoms with Crippen molar-refractivity contribution in [2.45, 2.75) is 51.1 Å². The number of ether oxygens (including phenoxy) is 4. The first-order valence-electron chi connectivity index (χ1n) is 23.9. The van der Waals surface area contributed by atoms with E-state index in [1.807, 2.05) is 19.1 Å². The molecule has 2 fully saturated rings. The molecule has 0 saturated carbocycles. The van der Waals surface area contributed by atoms with Crippen LogP contribution in [0.3, 0.4) is 0 Å². The number of thiophene rings is 3. The fraction of sp³-hybridized carbons (Fsp3) is 0.179. The highest BCUT2D eigenvalue weighted by Gasteiger charge is 2.69. The number of carbonyl (C=O) groups is 6. The van der Waals surface area contributed by atoms with Crippen LogP contribution in [-0.2, 0) is 85.0 Å². The Morgan fingerprint density at radius 2 is 0.922 bits per heavy atom. The number of hydrogen-bond acceptors (Lipinski definition) is 19. The lowest BCUT2D eigenvalue weighted by atomic mass is 9.70. The predicted octanol–water partition coefficient (Wildman–Crippen LogP) is 11.0. The van der Waals surface area contributed by atoms with E-state index >= 15 is 19.2 Å². The number of hydrogen-bond donors (Lipinski definition) is 0. The van der Waals surface area contributed by atoms with Gasteiger partial charge in [-0.15, -0.1) is 34.0 Å². The molecular weight excluding hydrogens is 1110 g/mol.